The SMILES string of the molecule is CCc1cc(N=Nc2c(O)c(C(=O)Nc3ccc(NC(=O)c4cc5ccccc5c(N=Nc5cc(CC)cc(C(=O)Oc6ccc(Cl)c(Cl)c6)c5)c4O)cc3)cc3ccccc23)cc(C(=O)Oc2ccc(Cl)c(Cl)c2)c1. The molecule has 14 nitrogen and oxygen atoms in total. The number of phenolic OH excluding ortho intramolecular Hbond substituents is 2. The number of rotatable bonds is 14. The number of hydrogen-bond acceptors (Lipinski definition) is 12. The zero-order valence-electron chi connectivity index (χ0n) is 40.1. The van der Waals surface area contributed by atoms with Crippen molar-refractivity contribution in [2.75, 3.05) is 10.6 Å². The summed E-state index contributed by atoms with van der Waals surface area (Å²) in [7, 11) is 0. The van der Waals surface area contributed by atoms with Gasteiger partial charge in [0.1, 0.15) is 22.9 Å². The summed E-state index contributed by atoms with van der Waals surface area (Å²) in [6.07, 6.45) is 1.11. The number of anilines is 2. The van der Waals surface area contributed by atoms with E-state index in [1.54, 1.807) is 97.1 Å². The molecule has 4 N–H and O–H groups in total. The Morgan fingerprint density at radius 3 is 1.24 bits per heavy atom. The number of esters is 2. The molecule has 0 spiro atoms. The van der Waals surface area contributed by atoms with Gasteiger partial charge in [0.2, 0.25) is 0 Å². The first-order valence-electron chi connectivity index (χ1n) is 23.3. The van der Waals surface area contributed by atoms with Crippen LogP contribution in [0.4, 0.5) is 34.1 Å². The normalized spacial score (nSPS) is 11.3. The summed E-state index contributed by atoms with van der Waals surface area (Å²) in [5.74, 6) is -3.14. The van der Waals surface area contributed by atoms with Gasteiger partial charge in [0.25, 0.3) is 11.8 Å². The number of amides is 2. The molecule has 2 amide bonds. The van der Waals surface area contributed by atoms with Gasteiger partial charge in [-0.3, -0.25) is 9.59 Å². The summed E-state index contributed by atoms with van der Waals surface area (Å²) >= 11 is 24.3. The zero-order chi connectivity index (χ0) is 53.6. The van der Waals surface area contributed by atoms with E-state index in [0.717, 1.165) is 11.1 Å². The number of azo groups is 2. The Morgan fingerprint density at radius 2 is 0.855 bits per heavy atom. The smallest absolute Gasteiger partial charge is 0.343 e. The molecule has 0 saturated heterocycles. The van der Waals surface area contributed by atoms with Crippen LogP contribution in [-0.2, 0) is 12.8 Å². The fourth-order valence-corrected chi connectivity index (χ4v) is 8.53. The molecule has 0 aliphatic carbocycles. The van der Waals surface area contributed by atoms with Gasteiger partial charge in [0, 0.05) is 34.3 Å². The maximum atomic E-state index is 13.9. The largest absolute Gasteiger partial charge is 0.505 e. The second kappa shape index (κ2) is 22.8. The standard InChI is InChI=1S/C58H40Cl4N6O8/c1-3-31-21-35(57(73)75-41-17-19-47(59)49(61)29-41)25-39(23-31)65-67-51-43-11-7-5-9-33(43)27-45(53(51)69)55(71)63-37-13-15-38(16-14-37)64-56(72)46-28-34-10-6-8-12-44(34)52(54(46)70)68-66-40-24-32(4-2)22-36(26-40)58(74)76-42-18-20-48(60)50(62)30-42/h5-30,69-70H,3-4H2,1-2H3,(H,63,71)(H,64,72). The van der Waals surface area contributed by atoms with E-state index in [2.05, 4.69) is 31.1 Å². The summed E-state index contributed by atoms with van der Waals surface area (Å²) < 4.78 is 11.1. The number of benzene rings is 9. The highest BCUT2D eigenvalue weighted by Crippen LogP contribution is 2.42. The monoisotopic (exact) mass is 1090 g/mol. The Morgan fingerprint density at radius 1 is 0.461 bits per heavy atom. The van der Waals surface area contributed by atoms with E-state index in [1.807, 2.05) is 13.8 Å². The van der Waals surface area contributed by atoms with Crippen LogP contribution in [-0.4, -0.2) is 34.0 Å². The molecule has 0 atom stereocenters. The van der Waals surface area contributed by atoms with E-state index in [9.17, 15) is 29.4 Å². The molecule has 9 aromatic rings. The maximum absolute atomic E-state index is 13.9. The van der Waals surface area contributed by atoms with Crippen molar-refractivity contribution in [2.24, 2.45) is 20.5 Å². The van der Waals surface area contributed by atoms with Crippen molar-refractivity contribution in [2.45, 2.75) is 26.7 Å². The number of hydrogen-bond donors (Lipinski definition) is 4. The van der Waals surface area contributed by atoms with E-state index in [1.165, 1.54) is 60.7 Å². The summed E-state index contributed by atoms with van der Waals surface area (Å²) in [6, 6.07) is 42.1. The van der Waals surface area contributed by atoms with Gasteiger partial charge in [-0.25, -0.2) is 9.59 Å². The van der Waals surface area contributed by atoms with Crippen LogP contribution in [0.1, 0.15) is 66.4 Å². The van der Waals surface area contributed by atoms with Crippen molar-refractivity contribution in [3.8, 4) is 23.0 Å². The fraction of sp³-hybridized carbons (Fsp3) is 0.0690. The lowest BCUT2D eigenvalue weighted by molar-refractivity contribution is 0.0725. The molecule has 0 bridgehead atoms. The van der Waals surface area contributed by atoms with Gasteiger partial charge in [-0.1, -0.05) is 109 Å². The van der Waals surface area contributed by atoms with Crippen LogP contribution in [0, 0.1) is 0 Å². The fourth-order valence-electron chi connectivity index (χ4n) is 7.95. The molecular weight excluding hydrogens is 1050 g/mol. The predicted octanol–water partition coefficient (Wildman–Crippen LogP) is 16.9. The number of fused-ring (bicyclic) bond motifs is 2. The van der Waals surface area contributed by atoms with E-state index < -0.39 is 35.3 Å². The predicted molar refractivity (Wildman–Crippen MR) is 296 cm³/mol. The average molecular weight is 1090 g/mol. The van der Waals surface area contributed by atoms with Crippen molar-refractivity contribution >= 4 is 126 Å². The molecule has 0 aliphatic heterocycles. The van der Waals surface area contributed by atoms with Crippen molar-refractivity contribution in [1.29, 1.82) is 0 Å². The van der Waals surface area contributed by atoms with Crippen LogP contribution in [0.15, 0.2) is 178 Å². The van der Waals surface area contributed by atoms with Crippen molar-refractivity contribution in [3.63, 3.8) is 0 Å². The molecule has 76 heavy (non-hydrogen) atoms. The van der Waals surface area contributed by atoms with Crippen molar-refractivity contribution in [1.82, 2.24) is 0 Å². The van der Waals surface area contributed by atoms with Gasteiger partial charge < -0.3 is 30.3 Å². The van der Waals surface area contributed by atoms with Gasteiger partial charge >= 0.3 is 11.9 Å². The lowest BCUT2D eigenvalue weighted by Gasteiger charge is -2.13. The third kappa shape index (κ3) is 11.8. The number of halogens is 4. The molecule has 0 aromatic heterocycles. The van der Waals surface area contributed by atoms with E-state index >= 15 is 0 Å². The number of aromatic hydroxyl groups is 2. The Balaban J connectivity index is 0.918. The third-order valence-electron chi connectivity index (χ3n) is 11.9. The zero-order valence-corrected chi connectivity index (χ0v) is 43.1. The van der Waals surface area contributed by atoms with Crippen LogP contribution in [0.5, 0.6) is 23.0 Å². The van der Waals surface area contributed by atoms with Gasteiger partial charge in [-0.2, -0.15) is 10.2 Å². The van der Waals surface area contributed by atoms with Crippen LogP contribution in [0.3, 0.4) is 0 Å². The number of carbonyl (C=O) groups is 4. The summed E-state index contributed by atoms with van der Waals surface area (Å²) in [5.41, 5.74) is 2.99. The van der Waals surface area contributed by atoms with Crippen molar-refractivity contribution in [3.05, 3.63) is 211 Å². The molecule has 9 aromatic carbocycles. The van der Waals surface area contributed by atoms with Crippen LogP contribution in [0.2, 0.25) is 20.1 Å². The van der Waals surface area contributed by atoms with E-state index in [-0.39, 0.29) is 55.2 Å². The highest BCUT2D eigenvalue weighted by molar-refractivity contribution is 6.42. The summed E-state index contributed by atoms with van der Waals surface area (Å²) in [4.78, 5) is 54.2. The van der Waals surface area contributed by atoms with Gasteiger partial charge in [-0.05, 0) is 132 Å². The molecule has 378 valence electrons. The molecule has 0 fully saturated rings. The summed E-state index contributed by atoms with van der Waals surface area (Å²) in [6.45, 7) is 3.82. The first-order chi connectivity index (χ1) is 36.6. The third-order valence-corrected chi connectivity index (χ3v) is 13.3. The average Bonchev–Trinajstić information content (AvgIpc) is 3.43. The Kier molecular flexibility index (Phi) is 15.7. The second-order valence-corrected chi connectivity index (χ2v) is 18.6. The maximum Gasteiger partial charge on any atom is 0.343 e. The number of aryl methyl sites for hydroxylation is 2. The lowest BCUT2D eigenvalue weighted by Crippen LogP contribution is -2.13. The van der Waals surface area contributed by atoms with E-state index in [0.29, 0.717) is 67.2 Å². The molecule has 18 heteroatoms. The molecule has 9 rings (SSSR count). The molecular formula is C58H40Cl4N6O8. The number of nitrogens with one attached hydrogen (secondary N) is 2. The van der Waals surface area contributed by atoms with Crippen molar-refractivity contribution < 1.29 is 38.9 Å². The highest BCUT2D eigenvalue weighted by atomic mass is 35.5. The number of carbonyl (C=O) groups excluding carboxylic acids is 4. The molecule has 0 aliphatic rings. The first-order valence-corrected chi connectivity index (χ1v) is 24.8. The minimum atomic E-state index is -0.666. The number of ether oxygens (including phenoxy) is 2. The lowest BCUT2D eigenvalue weighted by atomic mass is 10.0. The van der Waals surface area contributed by atoms with Gasteiger partial charge in [-0.15, -0.1) is 10.2 Å². The molecule has 0 radical (unpaired) electrons. The minimum absolute atomic E-state index is 0.0174. The molecule has 0 heterocycles. The second-order valence-electron chi connectivity index (χ2n) is 17.0. The number of nitrogens with zero attached hydrogens (tertiary/aromatic N) is 4. The quantitative estimate of drug-likeness (QED) is 0.0468. The van der Waals surface area contributed by atoms with Crippen LogP contribution >= 0.6 is 46.4 Å². The topological polar surface area (TPSA) is 201 Å². The van der Waals surface area contributed by atoms with Crippen LogP contribution < -0.4 is 20.1 Å². The Labute approximate surface area is 454 Å². The highest BCUT2D eigenvalue weighted by Gasteiger charge is 2.22. The minimum Gasteiger partial charge on any atom is -0.505 e. The Bertz CT molecular complexity index is 3620. The Hall–Kier alpha value is -8.66. The summed E-state index contributed by atoms with van der Waals surface area (Å²) in [5, 5.41) is 49.7. The van der Waals surface area contributed by atoms with Gasteiger partial charge in [0.15, 0.2) is 11.5 Å². The first kappa shape index (κ1) is 52.2. The van der Waals surface area contributed by atoms with Gasteiger partial charge in [0.05, 0.1) is 53.7 Å². The molecule has 0 unspecified atom stereocenters. The molecule has 0 saturated carbocycles. The van der Waals surface area contributed by atoms with E-state index in [4.69, 9.17) is 55.9 Å². The number of phenols is 2. The van der Waals surface area contributed by atoms with Crippen LogP contribution in [0.25, 0.3) is 21.5 Å².